The van der Waals surface area contributed by atoms with Gasteiger partial charge in [0, 0.05) is 4.47 Å². The van der Waals surface area contributed by atoms with E-state index in [-0.39, 0.29) is 0 Å². The monoisotopic (exact) mass is 308 g/mol. The van der Waals surface area contributed by atoms with Gasteiger partial charge in [-0.3, -0.25) is 0 Å². The Balaban J connectivity index is 1.86. The van der Waals surface area contributed by atoms with Crippen molar-refractivity contribution in [2.45, 2.75) is 19.3 Å². The highest BCUT2D eigenvalue weighted by atomic mass is 79.9. The third kappa shape index (κ3) is 3.47. The number of rotatable bonds is 4. The number of nitriles is 1. The summed E-state index contributed by atoms with van der Waals surface area (Å²) < 4.78 is 6.52. The van der Waals surface area contributed by atoms with Crippen molar-refractivity contribution >= 4 is 15.9 Å². The second-order valence-electron chi connectivity index (χ2n) is 4.57. The molecule has 1 heterocycles. The van der Waals surface area contributed by atoms with Crippen LogP contribution in [0.2, 0.25) is 0 Å². The van der Waals surface area contributed by atoms with Gasteiger partial charge < -0.3 is 10.1 Å². The summed E-state index contributed by atoms with van der Waals surface area (Å²) in [6.45, 7) is 2.91. The first-order valence-electron chi connectivity index (χ1n) is 6.33. The van der Waals surface area contributed by atoms with Crippen molar-refractivity contribution in [1.29, 1.82) is 5.26 Å². The van der Waals surface area contributed by atoms with Gasteiger partial charge in [-0.05, 0) is 66.3 Å². The molecular weight excluding hydrogens is 292 g/mol. The van der Waals surface area contributed by atoms with Crippen LogP contribution in [0.25, 0.3) is 0 Å². The Bertz CT molecular complexity index is 436. The lowest BCUT2D eigenvalue weighted by atomic mass is 9.97. The Kier molecular flexibility index (Phi) is 5.03. The number of ether oxygens (including phenoxy) is 1. The highest BCUT2D eigenvalue weighted by molar-refractivity contribution is 9.10. The third-order valence-corrected chi connectivity index (χ3v) is 3.93. The topological polar surface area (TPSA) is 45.0 Å². The predicted octanol–water partition coefficient (Wildman–Crippen LogP) is 3.09. The maximum Gasteiger partial charge on any atom is 0.138 e. The molecule has 1 fully saturated rings. The molecule has 1 N–H and O–H groups in total. The van der Waals surface area contributed by atoms with Crippen LogP contribution in [0.1, 0.15) is 24.8 Å². The fourth-order valence-corrected chi connectivity index (χ4v) is 2.68. The summed E-state index contributed by atoms with van der Waals surface area (Å²) in [7, 11) is 0. The van der Waals surface area contributed by atoms with Crippen molar-refractivity contribution in [2.75, 3.05) is 19.7 Å². The van der Waals surface area contributed by atoms with Crippen molar-refractivity contribution in [3.8, 4) is 11.8 Å². The Hall–Kier alpha value is -1.05. The molecule has 0 saturated carbocycles. The first kappa shape index (κ1) is 13.4. The molecule has 0 amide bonds. The number of piperidine rings is 1. The lowest BCUT2D eigenvalue weighted by molar-refractivity contribution is 0.253. The lowest BCUT2D eigenvalue weighted by Crippen LogP contribution is -2.30. The van der Waals surface area contributed by atoms with Crippen LogP contribution in [0.5, 0.6) is 5.75 Å². The maximum atomic E-state index is 9.08. The molecule has 2 rings (SSSR count). The van der Waals surface area contributed by atoms with Crippen molar-refractivity contribution in [1.82, 2.24) is 5.32 Å². The number of nitrogens with one attached hydrogen (secondary N) is 1. The summed E-state index contributed by atoms with van der Waals surface area (Å²) in [4.78, 5) is 0. The number of hydrogen-bond acceptors (Lipinski definition) is 3. The molecule has 96 valence electrons. The van der Waals surface area contributed by atoms with Crippen molar-refractivity contribution in [2.24, 2.45) is 5.92 Å². The van der Waals surface area contributed by atoms with Gasteiger partial charge in [-0.1, -0.05) is 6.07 Å². The molecule has 1 aliphatic rings. The zero-order valence-corrected chi connectivity index (χ0v) is 11.9. The van der Waals surface area contributed by atoms with Gasteiger partial charge in [0.15, 0.2) is 0 Å². The summed E-state index contributed by atoms with van der Waals surface area (Å²) in [5, 5.41) is 12.5. The minimum absolute atomic E-state index is 0.583. The van der Waals surface area contributed by atoms with E-state index < -0.39 is 0 Å². The SMILES string of the molecule is N#Cc1c(Br)cccc1OCCC1CCCNC1. The molecule has 1 aromatic rings. The van der Waals surface area contributed by atoms with Gasteiger partial charge in [0.1, 0.15) is 17.4 Å². The normalized spacial score (nSPS) is 19.2. The summed E-state index contributed by atoms with van der Waals surface area (Å²) in [5.41, 5.74) is 0.583. The Morgan fingerprint density at radius 3 is 3.11 bits per heavy atom. The molecule has 18 heavy (non-hydrogen) atoms. The Morgan fingerprint density at radius 2 is 2.39 bits per heavy atom. The molecule has 0 aromatic heterocycles. The average Bonchev–Trinajstić information content (AvgIpc) is 2.40. The van der Waals surface area contributed by atoms with Gasteiger partial charge >= 0.3 is 0 Å². The zero-order chi connectivity index (χ0) is 12.8. The Labute approximate surface area is 116 Å². The van der Waals surface area contributed by atoms with E-state index in [9.17, 15) is 0 Å². The molecule has 0 spiro atoms. The first-order valence-corrected chi connectivity index (χ1v) is 7.12. The molecule has 1 atom stereocenters. The number of hydrogen-bond donors (Lipinski definition) is 1. The molecule has 1 aromatic carbocycles. The first-order chi connectivity index (χ1) is 8.81. The lowest BCUT2D eigenvalue weighted by Gasteiger charge is -2.22. The van der Waals surface area contributed by atoms with Crippen LogP contribution in [-0.4, -0.2) is 19.7 Å². The predicted molar refractivity (Wildman–Crippen MR) is 74.6 cm³/mol. The number of nitrogens with zero attached hydrogens (tertiary/aromatic N) is 1. The van der Waals surface area contributed by atoms with E-state index in [1.165, 1.54) is 12.8 Å². The minimum atomic E-state index is 0.583. The van der Waals surface area contributed by atoms with Gasteiger partial charge in [-0.2, -0.15) is 5.26 Å². The fourth-order valence-electron chi connectivity index (χ4n) is 2.24. The molecule has 0 aliphatic carbocycles. The quantitative estimate of drug-likeness (QED) is 0.929. The van der Waals surface area contributed by atoms with Gasteiger partial charge in [-0.15, -0.1) is 0 Å². The van der Waals surface area contributed by atoms with E-state index in [0.29, 0.717) is 23.8 Å². The van der Waals surface area contributed by atoms with Crippen LogP contribution in [0.4, 0.5) is 0 Å². The molecule has 0 radical (unpaired) electrons. The Morgan fingerprint density at radius 1 is 1.50 bits per heavy atom. The summed E-state index contributed by atoms with van der Waals surface area (Å²) in [6, 6.07) is 7.77. The van der Waals surface area contributed by atoms with Crippen molar-refractivity contribution in [3.63, 3.8) is 0 Å². The molecular formula is C14H17BrN2O. The molecule has 1 unspecified atom stereocenters. The van der Waals surface area contributed by atoms with E-state index in [2.05, 4.69) is 27.3 Å². The minimum Gasteiger partial charge on any atom is -0.492 e. The molecule has 1 saturated heterocycles. The van der Waals surface area contributed by atoms with E-state index in [4.69, 9.17) is 10.00 Å². The average molecular weight is 309 g/mol. The molecule has 4 heteroatoms. The van der Waals surface area contributed by atoms with Gasteiger partial charge in [0.2, 0.25) is 0 Å². The number of benzene rings is 1. The summed E-state index contributed by atoms with van der Waals surface area (Å²) >= 11 is 3.36. The largest absolute Gasteiger partial charge is 0.492 e. The van der Waals surface area contributed by atoms with E-state index in [0.717, 1.165) is 24.0 Å². The van der Waals surface area contributed by atoms with Gasteiger partial charge in [0.25, 0.3) is 0 Å². The van der Waals surface area contributed by atoms with Crippen LogP contribution in [0.15, 0.2) is 22.7 Å². The van der Waals surface area contributed by atoms with Crippen molar-refractivity contribution < 1.29 is 4.74 Å². The van der Waals surface area contributed by atoms with Crippen LogP contribution in [0, 0.1) is 17.2 Å². The second kappa shape index (κ2) is 6.77. The summed E-state index contributed by atoms with van der Waals surface area (Å²) in [5.74, 6) is 1.38. The van der Waals surface area contributed by atoms with Gasteiger partial charge in [-0.25, -0.2) is 0 Å². The maximum absolute atomic E-state index is 9.08. The molecule has 0 bridgehead atoms. The molecule has 3 nitrogen and oxygen atoms in total. The second-order valence-corrected chi connectivity index (χ2v) is 5.43. The van der Waals surface area contributed by atoms with Crippen molar-refractivity contribution in [3.05, 3.63) is 28.2 Å². The summed E-state index contributed by atoms with van der Waals surface area (Å²) in [6.07, 6.45) is 3.58. The fraction of sp³-hybridized carbons (Fsp3) is 0.500. The number of halogens is 1. The van der Waals surface area contributed by atoms with E-state index >= 15 is 0 Å². The highest BCUT2D eigenvalue weighted by Crippen LogP contribution is 2.26. The van der Waals surface area contributed by atoms with Crippen LogP contribution >= 0.6 is 15.9 Å². The third-order valence-electron chi connectivity index (χ3n) is 3.27. The highest BCUT2D eigenvalue weighted by Gasteiger charge is 2.13. The zero-order valence-electron chi connectivity index (χ0n) is 10.3. The van der Waals surface area contributed by atoms with E-state index in [1.54, 1.807) is 0 Å². The van der Waals surface area contributed by atoms with Crippen LogP contribution in [-0.2, 0) is 0 Å². The molecule has 1 aliphatic heterocycles. The van der Waals surface area contributed by atoms with Crippen LogP contribution < -0.4 is 10.1 Å². The van der Waals surface area contributed by atoms with Gasteiger partial charge in [0.05, 0.1) is 6.61 Å². The standard InChI is InChI=1S/C14H17BrN2O/c15-13-4-1-5-14(12(13)9-16)18-8-6-11-3-2-7-17-10-11/h1,4-5,11,17H,2-3,6-8,10H2. The smallest absolute Gasteiger partial charge is 0.138 e. The van der Waals surface area contributed by atoms with Crippen LogP contribution in [0.3, 0.4) is 0 Å². The van der Waals surface area contributed by atoms with E-state index in [1.807, 2.05) is 18.2 Å².